The Hall–Kier alpha value is -10.0. The van der Waals surface area contributed by atoms with Crippen LogP contribution in [0.4, 0.5) is 0 Å². The Morgan fingerprint density at radius 2 is 0.936 bits per heavy atom. The van der Waals surface area contributed by atoms with Crippen LogP contribution in [0.5, 0.6) is 17.2 Å². The van der Waals surface area contributed by atoms with E-state index in [0.29, 0.717) is 53.6 Å². The highest BCUT2D eigenvalue weighted by Crippen LogP contribution is 2.32. The molecule has 3 atom stereocenters. The lowest BCUT2D eigenvalue weighted by Crippen LogP contribution is -2.09. The van der Waals surface area contributed by atoms with E-state index in [2.05, 4.69) is 113 Å². The molecule has 0 amide bonds. The van der Waals surface area contributed by atoms with Gasteiger partial charge < -0.3 is 23.3 Å². The maximum Gasteiger partial charge on any atom is 0.138 e. The molecule has 0 bridgehead atoms. The van der Waals surface area contributed by atoms with E-state index in [4.69, 9.17) is 14.2 Å². The SMILES string of the molecule is CC(Oc1cc(Cn2cncn2)ccc1C#N)c1ccc(-c2ccccc2)cc1.CCC(Oc1cc(Cn2ccnc2)ccc1C#N)c1ccccc1.CCCC(Oc1cc(Cn2ccnc2)ccc1C#N)c1ccccc1. The molecule has 0 aliphatic carbocycles. The van der Waals surface area contributed by atoms with Crippen LogP contribution in [0.25, 0.3) is 11.1 Å². The third kappa shape index (κ3) is 15.3. The molecular formula is C65H60N10O3. The van der Waals surface area contributed by atoms with Crippen molar-refractivity contribution < 1.29 is 14.2 Å². The van der Waals surface area contributed by atoms with Crippen molar-refractivity contribution >= 4 is 0 Å². The molecule has 0 saturated heterocycles. The van der Waals surface area contributed by atoms with Gasteiger partial charge in [-0.2, -0.15) is 20.9 Å². The van der Waals surface area contributed by atoms with E-state index in [1.165, 1.54) is 11.9 Å². The van der Waals surface area contributed by atoms with Gasteiger partial charge in [-0.25, -0.2) is 19.6 Å². The zero-order chi connectivity index (χ0) is 54.3. The summed E-state index contributed by atoms with van der Waals surface area (Å²) in [5.41, 5.74) is 10.4. The van der Waals surface area contributed by atoms with Gasteiger partial charge in [0.05, 0.1) is 35.9 Å². The second kappa shape index (κ2) is 28.0. The first kappa shape index (κ1) is 54.2. The molecule has 3 aromatic heterocycles. The fourth-order valence-electron chi connectivity index (χ4n) is 8.67. The molecule has 0 spiro atoms. The molecule has 13 heteroatoms. The first-order chi connectivity index (χ1) is 38.3. The summed E-state index contributed by atoms with van der Waals surface area (Å²) in [4.78, 5) is 12.1. The zero-order valence-electron chi connectivity index (χ0n) is 44.0. The molecule has 13 nitrogen and oxygen atoms in total. The summed E-state index contributed by atoms with van der Waals surface area (Å²) < 4.78 is 24.3. The van der Waals surface area contributed by atoms with Crippen molar-refractivity contribution in [2.75, 3.05) is 0 Å². The van der Waals surface area contributed by atoms with Crippen LogP contribution in [-0.4, -0.2) is 33.9 Å². The highest BCUT2D eigenvalue weighted by atomic mass is 16.5. The average molecular weight is 1030 g/mol. The maximum atomic E-state index is 9.45. The predicted molar refractivity (Wildman–Crippen MR) is 301 cm³/mol. The molecule has 0 radical (unpaired) electrons. The minimum atomic E-state index is -0.187. The van der Waals surface area contributed by atoms with Gasteiger partial charge in [-0.1, -0.05) is 154 Å². The van der Waals surface area contributed by atoms with Gasteiger partial charge in [-0.05, 0) is 101 Å². The van der Waals surface area contributed by atoms with Crippen molar-refractivity contribution in [3.05, 3.63) is 270 Å². The van der Waals surface area contributed by atoms with E-state index in [9.17, 15) is 15.8 Å². The van der Waals surface area contributed by atoms with Crippen molar-refractivity contribution in [3.63, 3.8) is 0 Å². The van der Waals surface area contributed by atoms with Gasteiger partial charge in [-0.3, -0.25) is 0 Å². The lowest BCUT2D eigenvalue weighted by molar-refractivity contribution is 0.193. The quantitative estimate of drug-likeness (QED) is 0.0761. The normalized spacial score (nSPS) is 11.6. The van der Waals surface area contributed by atoms with Gasteiger partial charge in [0.2, 0.25) is 0 Å². The van der Waals surface area contributed by atoms with E-state index in [1.807, 2.05) is 132 Å². The van der Waals surface area contributed by atoms with Crippen molar-refractivity contribution in [1.29, 1.82) is 15.8 Å². The van der Waals surface area contributed by atoms with Crippen molar-refractivity contribution in [2.45, 2.75) is 78.0 Å². The van der Waals surface area contributed by atoms with E-state index in [-0.39, 0.29) is 18.3 Å². The van der Waals surface area contributed by atoms with Gasteiger partial charge in [0.1, 0.15) is 66.4 Å². The molecule has 78 heavy (non-hydrogen) atoms. The highest BCUT2D eigenvalue weighted by molar-refractivity contribution is 5.63. The third-order valence-electron chi connectivity index (χ3n) is 12.8. The molecule has 388 valence electrons. The number of rotatable bonds is 19. The summed E-state index contributed by atoms with van der Waals surface area (Å²) in [7, 11) is 0. The Morgan fingerprint density at radius 1 is 0.474 bits per heavy atom. The van der Waals surface area contributed by atoms with E-state index in [1.54, 1.807) is 42.1 Å². The van der Waals surface area contributed by atoms with Crippen LogP contribution in [0, 0.1) is 34.0 Å². The van der Waals surface area contributed by atoms with Crippen LogP contribution < -0.4 is 14.2 Å². The number of nitriles is 3. The molecule has 0 aliphatic rings. The second-order valence-corrected chi connectivity index (χ2v) is 18.4. The Kier molecular flexibility index (Phi) is 19.5. The van der Waals surface area contributed by atoms with Gasteiger partial charge in [-0.15, -0.1) is 0 Å². The van der Waals surface area contributed by atoms with Gasteiger partial charge in [0.25, 0.3) is 0 Å². The molecule has 0 aliphatic heterocycles. The predicted octanol–water partition coefficient (Wildman–Crippen LogP) is 14.1. The van der Waals surface area contributed by atoms with E-state index < -0.39 is 0 Å². The summed E-state index contributed by atoms with van der Waals surface area (Å²) in [6, 6.07) is 62.6. The minimum absolute atomic E-state index is 0.0539. The van der Waals surface area contributed by atoms with E-state index in [0.717, 1.165) is 58.2 Å². The van der Waals surface area contributed by atoms with Crippen molar-refractivity contribution in [3.8, 4) is 46.6 Å². The molecule has 3 heterocycles. The Balaban J connectivity index is 0.000000155. The van der Waals surface area contributed by atoms with Gasteiger partial charge >= 0.3 is 0 Å². The maximum absolute atomic E-state index is 9.45. The van der Waals surface area contributed by atoms with Crippen molar-refractivity contribution in [2.24, 2.45) is 0 Å². The molecule has 0 N–H and O–H groups in total. The number of benzene rings is 7. The first-order valence-electron chi connectivity index (χ1n) is 25.9. The topological polar surface area (TPSA) is 165 Å². The molecule has 3 unspecified atom stereocenters. The number of aromatic nitrogens is 7. The number of imidazole rings is 2. The van der Waals surface area contributed by atoms with Crippen molar-refractivity contribution in [1.82, 2.24) is 33.9 Å². The molecule has 10 rings (SSSR count). The Morgan fingerprint density at radius 3 is 1.38 bits per heavy atom. The number of hydrogen-bond donors (Lipinski definition) is 0. The second-order valence-electron chi connectivity index (χ2n) is 18.4. The lowest BCUT2D eigenvalue weighted by atomic mass is 10.0. The van der Waals surface area contributed by atoms with Crippen LogP contribution in [0.15, 0.2) is 220 Å². The summed E-state index contributed by atoms with van der Waals surface area (Å²) in [5, 5.41) is 32.4. The van der Waals surface area contributed by atoms with Crippen LogP contribution in [-0.2, 0) is 19.6 Å². The molecular weight excluding hydrogens is 969 g/mol. The van der Waals surface area contributed by atoms with Crippen LogP contribution in [0.2, 0.25) is 0 Å². The summed E-state index contributed by atoms with van der Waals surface area (Å²) in [5.74, 6) is 1.85. The summed E-state index contributed by atoms with van der Waals surface area (Å²) in [6.07, 6.45) is 16.5. The smallest absolute Gasteiger partial charge is 0.138 e. The Bertz CT molecular complexity index is 3510. The van der Waals surface area contributed by atoms with E-state index >= 15 is 0 Å². The number of hydrogen-bond acceptors (Lipinski definition) is 10. The average Bonchev–Trinajstić information content (AvgIpc) is 4.33. The first-order valence-corrected chi connectivity index (χ1v) is 25.9. The molecule has 0 saturated carbocycles. The number of nitrogens with zero attached hydrogens (tertiary/aromatic N) is 10. The fraction of sp³-hybridized carbons (Fsp3) is 0.185. The van der Waals surface area contributed by atoms with Gasteiger partial charge in [0, 0.05) is 37.9 Å². The standard InChI is InChI=1S/C24H20N4O.C21H21N3O.C20H19N3O/c1-18(20-9-11-22(12-10-20)21-5-3-2-4-6-21)29-24-13-19(7-8-23(24)14-25)15-28-17-26-16-27-28;1-2-6-20(18-7-4-3-5-8-18)25-21-13-17(9-10-19(21)14-22)15-24-12-11-23-16-24;1-2-19(17-6-4-3-5-7-17)24-20-12-16(8-9-18(20)13-21)14-23-11-10-22-15-23/h2-13,16-18H,15H2,1H3;3-5,7-13,16,20H,2,6,15H2,1H3;3-12,15,19H,2,14H2,1H3. The van der Waals surface area contributed by atoms with Crippen LogP contribution in [0.1, 0.15) is 108 Å². The minimum Gasteiger partial charge on any atom is -0.485 e. The highest BCUT2D eigenvalue weighted by Gasteiger charge is 2.17. The molecule has 7 aromatic carbocycles. The zero-order valence-corrected chi connectivity index (χ0v) is 44.0. The van der Waals surface area contributed by atoms with Gasteiger partial charge in [0.15, 0.2) is 0 Å². The molecule has 10 aromatic rings. The van der Waals surface area contributed by atoms with Crippen LogP contribution in [0.3, 0.4) is 0 Å². The van der Waals surface area contributed by atoms with Crippen LogP contribution >= 0.6 is 0 Å². The summed E-state index contributed by atoms with van der Waals surface area (Å²) >= 11 is 0. The summed E-state index contributed by atoms with van der Waals surface area (Å²) in [6.45, 7) is 8.18. The monoisotopic (exact) mass is 1030 g/mol. The third-order valence-corrected chi connectivity index (χ3v) is 12.8. The molecule has 0 fully saturated rings. The lowest BCUT2D eigenvalue weighted by Gasteiger charge is -2.20. The Labute approximate surface area is 456 Å². The fourth-order valence-corrected chi connectivity index (χ4v) is 8.67. The number of ether oxygens (including phenoxy) is 3. The largest absolute Gasteiger partial charge is 0.485 e.